The van der Waals surface area contributed by atoms with Gasteiger partial charge in [0.2, 0.25) is 0 Å². The second kappa shape index (κ2) is 5.09. The Balaban J connectivity index is 2.34. The van der Waals surface area contributed by atoms with Crippen LogP contribution >= 0.6 is 23.2 Å². The Morgan fingerprint density at radius 1 is 1.06 bits per heavy atom. The van der Waals surface area contributed by atoms with Crippen LogP contribution in [0.3, 0.4) is 0 Å². The van der Waals surface area contributed by atoms with E-state index in [0.29, 0.717) is 27.1 Å². The summed E-state index contributed by atoms with van der Waals surface area (Å²) in [7, 11) is 0. The van der Waals surface area contributed by atoms with Gasteiger partial charge in [0.05, 0.1) is 16.7 Å². The monoisotopic (exact) mass is 263 g/mol. The number of ether oxygens (including phenoxy) is 1. The summed E-state index contributed by atoms with van der Waals surface area (Å²) in [5, 5.41) is 9.77. The van der Waals surface area contributed by atoms with Crippen molar-refractivity contribution in [3.63, 3.8) is 0 Å². The van der Waals surface area contributed by atoms with Crippen molar-refractivity contribution in [2.75, 3.05) is 0 Å². The van der Waals surface area contributed by atoms with Gasteiger partial charge in [-0.15, -0.1) is 0 Å². The van der Waals surface area contributed by atoms with Crippen molar-refractivity contribution >= 4 is 23.2 Å². The SMILES string of the molecule is N#Cc1cc(Cl)cc(Oc2ccccc2Cl)c1. The van der Waals surface area contributed by atoms with Crippen LogP contribution in [-0.2, 0) is 0 Å². The van der Waals surface area contributed by atoms with Crippen molar-refractivity contribution in [1.82, 2.24) is 0 Å². The Morgan fingerprint density at radius 2 is 1.82 bits per heavy atom. The Kier molecular flexibility index (Phi) is 3.53. The maximum absolute atomic E-state index is 8.82. The Bertz CT molecular complexity index is 590. The second-order valence-electron chi connectivity index (χ2n) is 3.32. The van der Waals surface area contributed by atoms with Gasteiger partial charge in [-0.05, 0) is 30.3 Å². The number of benzene rings is 2. The van der Waals surface area contributed by atoms with Gasteiger partial charge < -0.3 is 4.74 Å². The zero-order valence-electron chi connectivity index (χ0n) is 8.65. The average molecular weight is 264 g/mol. The molecule has 0 atom stereocenters. The van der Waals surface area contributed by atoms with Crippen molar-refractivity contribution in [2.24, 2.45) is 0 Å². The summed E-state index contributed by atoms with van der Waals surface area (Å²) in [5.41, 5.74) is 0.444. The molecule has 2 aromatic carbocycles. The van der Waals surface area contributed by atoms with E-state index in [0.717, 1.165) is 0 Å². The molecule has 0 radical (unpaired) electrons. The maximum atomic E-state index is 8.82. The number of halogens is 2. The van der Waals surface area contributed by atoms with E-state index in [1.165, 1.54) is 0 Å². The third-order valence-electron chi connectivity index (χ3n) is 2.06. The summed E-state index contributed by atoms with van der Waals surface area (Å²) in [6, 6.07) is 13.9. The summed E-state index contributed by atoms with van der Waals surface area (Å²) in [5.74, 6) is 1.02. The molecule has 0 heterocycles. The number of nitrogens with zero attached hydrogens (tertiary/aromatic N) is 1. The summed E-state index contributed by atoms with van der Waals surface area (Å²) in [6.07, 6.45) is 0. The molecule has 0 fully saturated rings. The molecule has 2 aromatic rings. The predicted octanol–water partition coefficient (Wildman–Crippen LogP) is 4.66. The highest BCUT2D eigenvalue weighted by Crippen LogP contribution is 2.30. The molecule has 0 N–H and O–H groups in total. The van der Waals surface area contributed by atoms with Gasteiger partial charge in [0, 0.05) is 5.02 Å². The molecule has 0 aliphatic rings. The zero-order valence-corrected chi connectivity index (χ0v) is 10.2. The lowest BCUT2D eigenvalue weighted by molar-refractivity contribution is 0.483. The van der Waals surface area contributed by atoms with Crippen molar-refractivity contribution in [2.45, 2.75) is 0 Å². The fraction of sp³-hybridized carbons (Fsp3) is 0. The van der Waals surface area contributed by atoms with Gasteiger partial charge in [-0.3, -0.25) is 0 Å². The predicted molar refractivity (Wildman–Crippen MR) is 67.7 cm³/mol. The zero-order chi connectivity index (χ0) is 12.3. The summed E-state index contributed by atoms with van der Waals surface area (Å²) < 4.78 is 5.56. The van der Waals surface area contributed by atoms with Crippen LogP contribution in [0.2, 0.25) is 10.0 Å². The highest BCUT2D eigenvalue weighted by Gasteiger charge is 2.04. The first kappa shape index (κ1) is 11.8. The number of hydrogen-bond acceptors (Lipinski definition) is 2. The van der Waals surface area contributed by atoms with Crippen LogP contribution < -0.4 is 4.74 Å². The van der Waals surface area contributed by atoms with E-state index in [1.807, 2.05) is 18.2 Å². The first-order valence-electron chi connectivity index (χ1n) is 4.82. The standard InChI is InChI=1S/C13H7Cl2NO/c14-10-5-9(8-16)6-11(7-10)17-13-4-2-1-3-12(13)15/h1-7H. The molecule has 0 aliphatic carbocycles. The number of hydrogen-bond donors (Lipinski definition) is 0. The minimum Gasteiger partial charge on any atom is -0.456 e. The van der Waals surface area contributed by atoms with Gasteiger partial charge in [0.15, 0.2) is 0 Å². The fourth-order valence-corrected chi connectivity index (χ4v) is 1.74. The lowest BCUT2D eigenvalue weighted by Crippen LogP contribution is -1.86. The molecule has 0 bridgehead atoms. The molecule has 0 unspecified atom stereocenters. The second-order valence-corrected chi connectivity index (χ2v) is 4.16. The molecule has 2 rings (SSSR count). The van der Waals surface area contributed by atoms with Gasteiger partial charge in [-0.1, -0.05) is 35.3 Å². The summed E-state index contributed by atoms with van der Waals surface area (Å²) in [4.78, 5) is 0. The molecule has 0 aliphatic heterocycles. The fourth-order valence-electron chi connectivity index (χ4n) is 1.34. The largest absolute Gasteiger partial charge is 0.456 e. The van der Waals surface area contributed by atoms with E-state index in [2.05, 4.69) is 0 Å². The van der Waals surface area contributed by atoms with Crippen LogP contribution in [-0.4, -0.2) is 0 Å². The molecule has 2 nitrogen and oxygen atoms in total. The van der Waals surface area contributed by atoms with E-state index in [4.69, 9.17) is 33.2 Å². The third kappa shape index (κ3) is 2.91. The van der Waals surface area contributed by atoms with Crippen LogP contribution in [0.1, 0.15) is 5.56 Å². The van der Waals surface area contributed by atoms with E-state index in [9.17, 15) is 0 Å². The van der Waals surface area contributed by atoms with E-state index < -0.39 is 0 Å². The number of para-hydroxylation sites is 1. The normalized spacial score (nSPS) is 9.71. The van der Waals surface area contributed by atoms with Crippen molar-refractivity contribution in [3.8, 4) is 17.6 Å². The molecule has 0 aromatic heterocycles. The van der Waals surface area contributed by atoms with Crippen LogP contribution in [0, 0.1) is 11.3 Å². The van der Waals surface area contributed by atoms with Crippen LogP contribution in [0.5, 0.6) is 11.5 Å². The Labute approximate surface area is 109 Å². The molecular weight excluding hydrogens is 257 g/mol. The molecule has 0 amide bonds. The molecule has 4 heteroatoms. The molecule has 0 spiro atoms. The van der Waals surface area contributed by atoms with Gasteiger partial charge >= 0.3 is 0 Å². The number of rotatable bonds is 2. The first-order valence-corrected chi connectivity index (χ1v) is 5.58. The third-order valence-corrected chi connectivity index (χ3v) is 2.60. The minimum atomic E-state index is 0.444. The highest BCUT2D eigenvalue weighted by molar-refractivity contribution is 6.32. The first-order chi connectivity index (χ1) is 8.19. The topological polar surface area (TPSA) is 33.0 Å². The smallest absolute Gasteiger partial charge is 0.146 e. The minimum absolute atomic E-state index is 0.444. The molecule has 0 saturated carbocycles. The van der Waals surface area contributed by atoms with Gasteiger partial charge in [0.25, 0.3) is 0 Å². The Hall–Kier alpha value is -1.69. The van der Waals surface area contributed by atoms with Gasteiger partial charge in [0.1, 0.15) is 11.5 Å². The van der Waals surface area contributed by atoms with Crippen molar-refractivity contribution in [1.29, 1.82) is 5.26 Å². The van der Waals surface area contributed by atoms with Crippen LogP contribution in [0.15, 0.2) is 42.5 Å². The summed E-state index contributed by atoms with van der Waals surface area (Å²) in [6.45, 7) is 0. The lowest BCUT2D eigenvalue weighted by Gasteiger charge is -2.07. The average Bonchev–Trinajstić information content (AvgIpc) is 2.31. The molecule has 0 saturated heterocycles. The van der Waals surface area contributed by atoms with Crippen LogP contribution in [0.25, 0.3) is 0 Å². The van der Waals surface area contributed by atoms with E-state index in [1.54, 1.807) is 30.3 Å². The molecule has 84 valence electrons. The highest BCUT2D eigenvalue weighted by atomic mass is 35.5. The van der Waals surface area contributed by atoms with E-state index >= 15 is 0 Å². The Morgan fingerprint density at radius 3 is 2.53 bits per heavy atom. The van der Waals surface area contributed by atoms with Crippen molar-refractivity contribution < 1.29 is 4.74 Å². The maximum Gasteiger partial charge on any atom is 0.146 e. The van der Waals surface area contributed by atoms with Gasteiger partial charge in [-0.2, -0.15) is 5.26 Å². The van der Waals surface area contributed by atoms with Crippen molar-refractivity contribution in [3.05, 3.63) is 58.1 Å². The number of nitriles is 1. The molecule has 17 heavy (non-hydrogen) atoms. The van der Waals surface area contributed by atoms with Crippen LogP contribution in [0.4, 0.5) is 0 Å². The summed E-state index contributed by atoms with van der Waals surface area (Å²) >= 11 is 11.8. The van der Waals surface area contributed by atoms with Gasteiger partial charge in [-0.25, -0.2) is 0 Å². The quantitative estimate of drug-likeness (QED) is 0.790. The molecular formula is C13H7Cl2NO. The lowest BCUT2D eigenvalue weighted by atomic mass is 10.2. The van der Waals surface area contributed by atoms with E-state index in [-0.39, 0.29) is 0 Å².